The van der Waals surface area contributed by atoms with Crippen molar-refractivity contribution in [3.8, 4) is 11.1 Å². The molecule has 2 aromatic heterocycles. The number of hydrogen-bond acceptors (Lipinski definition) is 3. The van der Waals surface area contributed by atoms with E-state index in [0.717, 1.165) is 22.1 Å². The minimum atomic E-state index is 0.784. The minimum absolute atomic E-state index is 0.784. The zero-order valence-corrected chi connectivity index (χ0v) is 13.3. The van der Waals surface area contributed by atoms with Crippen LogP contribution in [0.15, 0.2) is 88.5 Å². The number of aromatic nitrogens is 1. The van der Waals surface area contributed by atoms with Crippen LogP contribution in [0.1, 0.15) is 5.76 Å². The van der Waals surface area contributed by atoms with Crippen molar-refractivity contribution in [1.29, 1.82) is 0 Å². The van der Waals surface area contributed by atoms with Gasteiger partial charge in [0, 0.05) is 5.39 Å². The number of thioether (sulfide) groups is 1. The van der Waals surface area contributed by atoms with Gasteiger partial charge in [-0.25, -0.2) is 4.98 Å². The summed E-state index contributed by atoms with van der Waals surface area (Å²) < 4.78 is 5.41. The van der Waals surface area contributed by atoms with Crippen molar-refractivity contribution in [3.63, 3.8) is 0 Å². The highest BCUT2D eigenvalue weighted by molar-refractivity contribution is 7.98. The number of nitrogens with zero attached hydrogens (tertiary/aromatic N) is 1. The van der Waals surface area contributed by atoms with E-state index in [1.807, 2.05) is 24.3 Å². The quantitative estimate of drug-likeness (QED) is 0.446. The molecule has 0 saturated carbocycles. The Morgan fingerprint density at radius 2 is 1.70 bits per heavy atom. The van der Waals surface area contributed by atoms with Gasteiger partial charge in [-0.2, -0.15) is 0 Å². The Morgan fingerprint density at radius 3 is 2.52 bits per heavy atom. The summed E-state index contributed by atoms with van der Waals surface area (Å²) in [4.78, 5) is 4.78. The number of hydrogen-bond donors (Lipinski definition) is 0. The van der Waals surface area contributed by atoms with Crippen molar-refractivity contribution in [1.82, 2.24) is 4.98 Å². The van der Waals surface area contributed by atoms with E-state index in [2.05, 4.69) is 48.5 Å². The van der Waals surface area contributed by atoms with Crippen LogP contribution in [0.5, 0.6) is 0 Å². The third kappa shape index (κ3) is 3.01. The average Bonchev–Trinajstić information content (AvgIpc) is 3.13. The zero-order chi connectivity index (χ0) is 15.5. The lowest BCUT2D eigenvalue weighted by Gasteiger charge is -2.09. The molecule has 0 unspecified atom stereocenters. The number of fused-ring (bicyclic) bond motifs is 1. The fourth-order valence-corrected chi connectivity index (χ4v) is 3.44. The SMILES string of the molecule is c1ccc(-c2cc(SCc3ccco3)nc3ccccc23)cc1. The van der Waals surface area contributed by atoms with E-state index in [9.17, 15) is 0 Å². The predicted octanol–water partition coefficient (Wildman–Crippen LogP) is 5.79. The van der Waals surface area contributed by atoms with Crippen LogP contribution in [0.25, 0.3) is 22.0 Å². The van der Waals surface area contributed by atoms with E-state index in [0.29, 0.717) is 0 Å². The molecule has 2 heterocycles. The Kier molecular flexibility index (Phi) is 3.86. The topological polar surface area (TPSA) is 26.0 Å². The van der Waals surface area contributed by atoms with Crippen molar-refractivity contribution in [2.45, 2.75) is 10.8 Å². The molecule has 0 atom stereocenters. The van der Waals surface area contributed by atoms with Crippen LogP contribution < -0.4 is 0 Å². The normalized spacial score (nSPS) is 11.0. The standard InChI is InChI=1S/C20H15NOS/c1-2-7-15(8-3-1)18-13-20(23-14-16-9-6-12-22-16)21-19-11-5-4-10-17(18)19/h1-13H,14H2. The van der Waals surface area contributed by atoms with Gasteiger partial charge in [-0.3, -0.25) is 0 Å². The first-order valence-electron chi connectivity index (χ1n) is 7.50. The first-order chi connectivity index (χ1) is 11.4. The molecule has 2 nitrogen and oxygen atoms in total. The molecule has 0 saturated heterocycles. The van der Waals surface area contributed by atoms with Gasteiger partial charge in [0.1, 0.15) is 5.76 Å². The number of pyridine rings is 1. The van der Waals surface area contributed by atoms with Gasteiger partial charge in [0.15, 0.2) is 0 Å². The van der Waals surface area contributed by atoms with Crippen LogP contribution in [0.3, 0.4) is 0 Å². The summed E-state index contributed by atoms with van der Waals surface area (Å²) in [6.45, 7) is 0. The highest BCUT2D eigenvalue weighted by Gasteiger charge is 2.08. The largest absolute Gasteiger partial charge is 0.468 e. The Morgan fingerprint density at radius 1 is 0.870 bits per heavy atom. The van der Waals surface area contributed by atoms with Gasteiger partial charge in [-0.1, -0.05) is 60.3 Å². The first kappa shape index (κ1) is 14.1. The lowest BCUT2D eigenvalue weighted by Crippen LogP contribution is -1.88. The molecule has 4 aromatic rings. The molecule has 0 radical (unpaired) electrons. The van der Waals surface area contributed by atoms with E-state index >= 15 is 0 Å². The second-order valence-corrected chi connectivity index (χ2v) is 6.25. The highest BCUT2D eigenvalue weighted by atomic mass is 32.2. The summed E-state index contributed by atoms with van der Waals surface area (Å²) in [5, 5.41) is 2.19. The van der Waals surface area contributed by atoms with Gasteiger partial charge in [0.2, 0.25) is 0 Å². The molecule has 0 aliphatic carbocycles. The van der Waals surface area contributed by atoms with E-state index in [1.54, 1.807) is 18.0 Å². The predicted molar refractivity (Wildman–Crippen MR) is 95.4 cm³/mol. The van der Waals surface area contributed by atoms with Crippen molar-refractivity contribution < 1.29 is 4.42 Å². The molecular weight excluding hydrogens is 302 g/mol. The lowest BCUT2D eigenvalue weighted by atomic mass is 10.0. The summed E-state index contributed by atoms with van der Waals surface area (Å²) in [6.07, 6.45) is 1.71. The lowest BCUT2D eigenvalue weighted by molar-refractivity contribution is 0.530. The third-order valence-electron chi connectivity index (χ3n) is 3.72. The summed E-state index contributed by atoms with van der Waals surface area (Å²) in [7, 11) is 0. The molecule has 4 rings (SSSR count). The summed E-state index contributed by atoms with van der Waals surface area (Å²) >= 11 is 1.70. The van der Waals surface area contributed by atoms with Gasteiger partial charge in [0.25, 0.3) is 0 Å². The molecule has 0 fully saturated rings. The van der Waals surface area contributed by atoms with Crippen LogP contribution in [0.2, 0.25) is 0 Å². The van der Waals surface area contributed by atoms with E-state index < -0.39 is 0 Å². The van der Waals surface area contributed by atoms with Gasteiger partial charge in [0.05, 0.1) is 22.6 Å². The third-order valence-corrected chi connectivity index (χ3v) is 4.65. The van der Waals surface area contributed by atoms with Crippen LogP contribution in [0, 0.1) is 0 Å². The molecule has 3 heteroatoms. The van der Waals surface area contributed by atoms with Crippen LogP contribution in [0.4, 0.5) is 0 Å². The van der Waals surface area contributed by atoms with Crippen molar-refractivity contribution in [3.05, 3.63) is 84.8 Å². The van der Waals surface area contributed by atoms with Crippen LogP contribution in [-0.4, -0.2) is 4.98 Å². The van der Waals surface area contributed by atoms with Crippen LogP contribution in [-0.2, 0) is 5.75 Å². The average molecular weight is 317 g/mol. The van der Waals surface area contributed by atoms with E-state index in [1.165, 1.54) is 16.5 Å². The fourth-order valence-electron chi connectivity index (χ4n) is 2.62. The number of benzene rings is 2. The summed E-state index contributed by atoms with van der Waals surface area (Å²) in [5.41, 5.74) is 3.46. The second-order valence-electron chi connectivity index (χ2n) is 5.26. The smallest absolute Gasteiger partial charge is 0.114 e. The zero-order valence-electron chi connectivity index (χ0n) is 12.5. The van der Waals surface area contributed by atoms with E-state index in [4.69, 9.17) is 9.40 Å². The number of para-hydroxylation sites is 1. The maximum atomic E-state index is 5.41. The highest BCUT2D eigenvalue weighted by Crippen LogP contribution is 2.32. The van der Waals surface area contributed by atoms with Crippen molar-refractivity contribution in [2.75, 3.05) is 0 Å². The maximum absolute atomic E-state index is 5.41. The maximum Gasteiger partial charge on any atom is 0.114 e. The molecule has 0 amide bonds. The molecule has 0 N–H and O–H groups in total. The molecule has 0 aliphatic rings. The monoisotopic (exact) mass is 317 g/mol. The molecule has 0 bridgehead atoms. The molecule has 2 aromatic carbocycles. The Hall–Kier alpha value is -2.52. The van der Waals surface area contributed by atoms with Gasteiger partial charge in [-0.05, 0) is 35.4 Å². The molecule has 23 heavy (non-hydrogen) atoms. The minimum Gasteiger partial charge on any atom is -0.468 e. The van der Waals surface area contributed by atoms with Gasteiger partial charge < -0.3 is 4.42 Å². The number of rotatable bonds is 4. The van der Waals surface area contributed by atoms with Gasteiger partial charge >= 0.3 is 0 Å². The second kappa shape index (κ2) is 6.31. The molecule has 112 valence electrons. The first-order valence-corrected chi connectivity index (χ1v) is 8.49. The summed E-state index contributed by atoms with van der Waals surface area (Å²) in [5.74, 6) is 1.75. The van der Waals surface area contributed by atoms with Crippen molar-refractivity contribution >= 4 is 22.7 Å². The number of furan rings is 1. The Bertz CT molecular complexity index is 917. The molecule has 0 aliphatic heterocycles. The van der Waals surface area contributed by atoms with Gasteiger partial charge in [-0.15, -0.1) is 0 Å². The Balaban J connectivity index is 1.77. The molecular formula is C20H15NOS. The summed E-state index contributed by atoms with van der Waals surface area (Å²) in [6, 6.07) is 24.8. The molecule has 0 spiro atoms. The van der Waals surface area contributed by atoms with E-state index in [-0.39, 0.29) is 0 Å². The van der Waals surface area contributed by atoms with Crippen LogP contribution >= 0.6 is 11.8 Å². The van der Waals surface area contributed by atoms with Crippen molar-refractivity contribution in [2.24, 2.45) is 0 Å². The fraction of sp³-hybridized carbons (Fsp3) is 0.0500. The Labute approximate surface area is 139 Å².